The van der Waals surface area contributed by atoms with Crippen molar-refractivity contribution in [3.05, 3.63) is 101 Å². The molecule has 4 rings (SSSR count). The molecular weight excluding hydrogens is 415 g/mol. The summed E-state index contributed by atoms with van der Waals surface area (Å²) in [5.41, 5.74) is 4.39. The summed E-state index contributed by atoms with van der Waals surface area (Å²) in [5.74, 6) is -0.00560. The molecule has 6 heteroatoms. The number of hydrogen-bond acceptors (Lipinski definition) is 2. The molecule has 1 aliphatic carbocycles. The predicted molar refractivity (Wildman–Crippen MR) is 118 cm³/mol. The lowest BCUT2D eigenvalue weighted by Gasteiger charge is -2.14. The van der Waals surface area contributed by atoms with Crippen LogP contribution >= 0.6 is 0 Å². The van der Waals surface area contributed by atoms with Crippen LogP contribution in [-0.2, 0) is 10.9 Å². The van der Waals surface area contributed by atoms with Crippen LogP contribution in [0.4, 0.5) is 18.0 Å². The second kappa shape index (κ2) is 9.30. The van der Waals surface area contributed by atoms with Gasteiger partial charge < -0.3 is 10.1 Å². The first kappa shape index (κ1) is 21.7. The largest absolute Gasteiger partial charge is 0.449 e. The maximum absolute atomic E-state index is 12.8. The Labute approximate surface area is 184 Å². The van der Waals surface area contributed by atoms with Crippen LogP contribution in [-0.4, -0.2) is 19.2 Å². The smallest absolute Gasteiger partial charge is 0.416 e. The molecule has 0 unspecified atom stereocenters. The summed E-state index contributed by atoms with van der Waals surface area (Å²) < 4.78 is 43.7. The Morgan fingerprint density at radius 3 is 2.25 bits per heavy atom. The van der Waals surface area contributed by atoms with Crippen LogP contribution in [0.25, 0.3) is 17.2 Å². The molecule has 0 bridgehead atoms. The molecule has 0 aliphatic heterocycles. The van der Waals surface area contributed by atoms with E-state index in [2.05, 4.69) is 29.6 Å². The Morgan fingerprint density at radius 1 is 0.938 bits per heavy atom. The standard InChI is InChI=1S/C26H22F3NO2/c27-26(28,29)19-10-7-9-18(16-19)8-5-6-15-30-25(31)32-17-24-22-13-3-1-11-20(22)21-12-2-4-14-23(21)24/h1-5,7-14,16,24H,6,15,17H2,(H,30,31). The van der Waals surface area contributed by atoms with Gasteiger partial charge in [-0.2, -0.15) is 13.2 Å². The van der Waals surface area contributed by atoms with Gasteiger partial charge in [-0.05, 0) is 46.4 Å². The zero-order chi connectivity index (χ0) is 22.6. The molecule has 3 aromatic rings. The van der Waals surface area contributed by atoms with Crippen LogP contribution in [0.3, 0.4) is 0 Å². The van der Waals surface area contributed by atoms with Crippen LogP contribution in [0, 0.1) is 0 Å². The molecule has 0 saturated carbocycles. The van der Waals surface area contributed by atoms with E-state index in [0.29, 0.717) is 18.5 Å². The first-order valence-electron chi connectivity index (χ1n) is 10.4. The summed E-state index contributed by atoms with van der Waals surface area (Å²) in [6.45, 7) is 0.562. The van der Waals surface area contributed by atoms with Crippen LogP contribution in [0.2, 0.25) is 0 Å². The normalized spacial score (nSPS) is 13.1. The number of carbonyl (C=O) groups is 1. The van der Waals surface area contributed by atoms with Crippen molar-refractivity contribution < 1.29 is 22.7 Å². The topological polar surface area (TPSA) is 38.3 Å². The van der Waals surface area contributed by atoms with Crippen LogP contribution in [0.15, 0.2) is 78.9 Å². The van der Waals surface area contributed by atoms with Crippen molar-refractivity contribution in [1.29, 1.82) is 0 Å². The summed E-state index contributed by atoms with van der Waals surface area (Å²) in [4.78, 5) is 12.1. The molecule has 0 saturated heterocycles. The maximum atomic E-state index is 12.8. The van der Waals surface area contributed by atoms with Crippen molar-refractivity contribution in [2.75, 3.05) is 13.2 Å². The Morgan fingerprint density at radius 2 is 1.59 bits per heavy atom. The second-order valence-electron chi connectivity index (χ2n) is 7.57. The fourth-order valence-corrected chi connectivity index (χ4v) is 3.95. The minimum atomic E-state index is -4.37. The molecule has 0 aromatic heterocycles. The van der Waals surface area contributed by atoms with Gasteiger partial charge in [0.05, 0.1) is 5.56 Å². The quantitative estimate of drug-likeness (QED) is 0.439. The average Bonchev–Trinajstić information content (AvgIpc) is 3.11. The van der Waals surface area contributed by atoms with Gasteiger partial charge in [0.2, 0.25) is 0 Å². The fourth-order valence-electron chi connectivity index (χ4n) is 3.95. The minimum Gasteiger partial charge on any atom is -0.449 e. The van der Waals surface area contributed by atoms with Crippen molar-refractivity contribution in [2.45, 2.75) is 18.5 Å². The van der Waals surface area contributed by atoms with Gasteiger partial charge in [0.25, 0.3) is 0 Å². The number of ether oxygens (including phenoxy) is 1. The number of alkyl carbamates (subject to hydrolysis) is 1. The summed E-state index contributed by atoms with van der Waals surface area (Å²) in [7, 11) is 0. The number of rotatable bonds is 6. The monoisotopic (exact) mass is 437 g/mol. The van der Waals surface area contributed by atoms with Gasteiger partial charge in [0, 0.05) is 12.5 Å². The van der Waals surface area contributed by atoms with E-state index in [9.17, 15) is 18.0 Å². The number of halogens is 3. The molecule has 0 heterocycles. The molecular formula is C26H22F3NO2. The number of fused-ring (bicyclic) bond motifs is 3. The third kappa shape index (κ3) is 4.85. The molecule has 0 fully saturated rings. The van der Waals surface area contributed by atoms with Crippen molar-refractivity contribution in [2.24, 2.45) is 0 Å². The van der Waals surface area contributed by atoms with Gasteiger partial charge in [-0.3, -0.25) is 0 Å². The highest BCUT2D eigenvalue weighted by molar-refractivity contribution is 5.79. The third-order valence-electron chi connectivity index (χ3n) is 5.45. The first-order valence-corrected chi connectivity index (χ1v) is 10.4. The van der Waals surface area contributed by atoms with Gasteiger partial charge >= 0.3 is 12.3 Å². The predicted octanol–water partition coefficient (Wildman–Crippen LogP) is 6.65. The molecule has 164 valence electrons. The van der Waals surface area contributed by atoms with Crippen LogP contribution in [0.5, 0.6) is 0 Å². The fraction of sp³-hybridized carbons (Fsp3) is 0.192. The van der Waals surface area contributed by atoms with Gasteiger partial charge in [-0.1, -0.05) is 72.8 Å². The maximum Gasteiger partial charge on any atom is 0.416 e. The molecule has 1 amide bonds. The minimum absolute atomic E-state index is 0.00560. The zero-order valence-electron chi connectivity index (χ0n) is 17.2. The van der Waals surface area contributed by atoms with E-state index in [1.165, 1.54) is 6.07 Å². The number of hydrogen-bond donors (Lipinski definition) is 1. The summed E-state index contributed by atoms with van der Waals surface area (Å²) in [6, 6.07) is 21.3. The number of carbonyl (C=O) groups excluding carboxylic acids is 1. The Balaban J connectivity index is 1.26. The van der Waals surface area contributed by atoms with Gasteiger partial charge in [0.1, 0.15) is 6.61 Å². The van der Waals surface area contributed by atoms with E-state index in [-0.39, 0.29) is 12.5 Å². The molecule has 0 spiro atoms. The third-order valence-corrected chi connectivity index (χ3v) is 5.45. The lowest BCUT2D eigenvalue weighted by atomic mass is 9.98. The molecule has 3 nitrogen and oxygen atoms in total. The second-order valence-corrected chi connectivity index (χ2v) is 7.57. The van der Waals surface area contributed by atoms with Gasteiger partial charge in [0.15, 0.2) is 0 Å². The average molecular weight is 437 g/mol. The molecule has 0 radical (unpaired) electrons. The molecule has 3 aromatic carbocycles. The highest BCUT2D eigenvalue weighted by Gasteiger charge is 2.30. The number of alkyl halides is 3. The zero-order valence-corrected chi connectivity index (χ0v) is 17.2. The lowest BCUT2D eigenvalue weighted by Crippen LogP contribution is -2.26. The number of nitrogens with one attached hydrogen (secondary N) is 1. The SMILES string of the molecule is O=C(NCCC=Cc1cccc(C(F)(F)F)c1)OCC1c2ccccc2-c2ccccc21. The Hall–Kier alpha value is -3.54. The molecule has 0 atom stereocenters. The van der Waals surface area contributed by atoms with E-state index < -0.39 is 17.8 Å². The van der Waals surface area contributed by atoms with Gasteiger partial charge in [-0.15, -0.1) is 0 Å². The van der Waals surface area contributed by atoms with Crippen molar-refractivity contribution in [3.63, 3.8) is 0 Å². The van der Waals surface area contributed by atoms with Gasteiger partial charge in [-0.25, -0.2) is 4.79 Å². The molecule has 1 N–H and O–H groups in total. The Kier molecular flexibility index (Phi) is 6.30. The van der Waals surface area contributed by atoms with Crippen molar-refractivity contribution >= 4 is 12.2 Å². The van der Waals surface area contributed by atoms with E-state index in [1.807, 2.05) is 24.3 Å². The Bertz CT molecular complexity index is 1090. The summed E-state index contributed by atoms with van der Waals surface area (Å²) >= 11 is 0. The molecule has 32 heavy (non-hydrogen) atoms. The van der Waals surface area contributed by atoms with E-state index in [1.54, 1.807) is 18.2 Å². The summed E-state index contributed by atoms with van der Waals surface area (Å²) in [5, 5.41) is 2.68. The summed E-state index contributed by atoms with van der Waals surface area (Å²) in [6.07, 6.45) is -1.08. The van der Waals surface area contributed by atoms with E-state index >= 15 is 0 Å². The lowest BCUT2D eigenvalue weighted by molar-refractivity contribution is -0.137. The van der Waals surface area contributed by atoms with Crippen LogP contribution < -0.4 is 5.32 Å². The van der Waals surface area contributed by atoms with Crippen molar-refractivity contribution in [3.8, 4) is 11.1 Å². The first-order chi connectivity index (χ1) is 15.4. The van der Waals surface area contributed by atoms with Crippen molar-refractivity contribution in [1.82, 2.24) is 5.32 Å². The van der Waals surface area contributed by atoms with E-state index in [4.69, 9.17) is 4.74 Å². The highest BCUT2D eigenvalue weighted by Crippen LogP contribution is 2.44. The number of benzene rings is 3. The molecule has 1 aliphatic rings. The van der Waals surface area contributed by atoms with Crippen LogP contribution in [0.1, 0.15) is 34.6 Å². The van der Waals surface area contributed by atoms with E-state index in [0.717, 1.165) is 34.4 Å². The highest BCUT2D eigenvalue weighted by atomic mass is 19.4. The number of amides is 1.